The van der Waals surface area contributed by atoms with E-state index in [1.165, 1.54) is 13.2 Å². The van der Waals surface area contributed by atoms with Crippen LogP contribution in [-0.4, -0.2) is 76.2 Å². The topological polar surface area (TPSA) is 109 Å². The summed E-state index contributed by atoms with van der Waals surface area (Å²) in [6.45, 7) is 5.89. The molecule has 0 radical (unpaired) electrons. The van der Waals surface area contributed by atoms with E-state index in [0.717, 1.165) is 55.2 Å². The number of carbonyl (C=O) groups is 1. The highest BCUT2D eigenvalue weighted by Crippen LogP contribution is 2.37. The number of anilines is 4. The molecule has 2 N–H and O–H groups in total. The molecular weight excluding hydrogens is 687 g/mol. The maximum absolute atomic E-state index is 14.4. The zero-order valence-corrected chi connectivity index (χ0v) is 29.8. The van der Waals surface area contributed by atoms with Crippen LogP contribution in [0.4, 0.5) is 31.8 Å². The second-order valence-electron chi connectivity index (χ2n) is 12.0. The van der Waals surface area contributed by atoms with E-state index in [4.69, 9.17) is 19.4 Å². The van der Waals surface area contributed by atoms with Gasteiger partial charge < -0.3 is 25.0 Å². The molecule has 3 aromatic heterocycles. The number of benzene rings is 3. The Hall–Kier alpha value is -5.73. The molecule has 0 spiro atoms. The zero-order chi connectivity index (χ0) is 36.4. The van der Waals surface area contributed by atoms with Gasteiger partial charge in [-0.25, -0.2) is 28.0 Å². The van der Waals surface area contributed by atoms with Crippen molar-refractivity contribution >= 4 is 46.5 Å². The summed E-state index contributed by atoms with van der Waals surface area (Å²) < 4.78 is 44.4. The van der Waals surface area contributed by atoms with E-state index >= 15 is 0 Å². The van der Waals surface area contributed by atoms with Crippen LogP contribution in [0.2, 0.25) is 0 Å². The maximum Gasteiger partial charge on any atom is 0.259 e. The molecule has 0 saturated carbocycles. The molecule has 1 fully saturated rings. The van der Waals surface area contributed by atoms with Gasteiger partial charge in [-0.2, -0.15) is 0 Å². The summed E-state index contributed by atoms with van der Waals surface area (Å²) in [5.74, 6) is -1.32. The third-order valence-corrected chi connectivity index (χ3v) is 9.83. The number of aromatic nitrogens is 4. The molecule has 0 bridgehead atoms. The SMILES string of the molecule is COc1cc(N2CCN(SC)CC2)c(C)cc1Nc1nccc(-c2c(-c3ccc(OC)c(C(=O)Nc4c(F)cccc4F)c3)nc3ccccn23)n1. The Morgan fingerprint density at radius 1 is 0.885 bits per heavy atom. The Morgan fingerprint density at radius 3 is 2.38 bits per heavy atom. The summed E-state index contributed by atoms with van der Waals surface area (Å²) in [6, 6.07) is 19.8. The van der Waals surface area contributed by atoms with Gasteiger partial charge in [0.15, 0.2) is 0 Å². The largest absolute Gasteiger partial charge is 0.496 e. The number of carbonyl (C=O) groups excluding carboxylic acids is 1. The van der Waals surface area contributed by atoms with Crippen LogP contribution < -0.4 is 25.0 Å². The summed E-state index contributed by atoms with van der Waals surface area (Å²) in [5.41, 5.74) is 5.36. The summed E-state index contributed by atoms with van der Waals surface area (Å²) in [6.07, 6.45) is 5.64. The number of methoxy groups -OCH3 is 2. The lowest BCUT2D eigenvalue weighted by atomic mass is 10.0. The number of pyridine rings is 1. The standard InChI is InChI=1S/C38H36F2N8O3S/c1-23-20-29(32(51-3)22-30(23)46-16-18-47(52-4)19-17-46)43-38-41-14-13-28(42-38)36-34(44-33-10-5-6-15-48(33)36)24-11-12-31(50-2)25(21-24)37(49)45-35-26(39)8-7-9-27(35)40/h5-15,20-22H,16-19H2,1-4H3,(H,45,49)(H,41,42,43). The van der Waals surface area contributed by atoms with Crippen molar-refractivity contribution in [1.29, 1.82) is 0 Å². The molecule has 1 aliphatic rings. The zero-order valence-electron chi connectivity index (χ0n) is 29.0. The molecule has 11 nitrogen and oxygen atoms in total. The third-order valence-electron chi connectivity index (χ3n) is 8.95. The number of para-hydroxylation sites is 1. The lowest BCUT2D eigenvalue weighted by Crippen LogP contribution is -2.43. The maximum atomic E-state index is 14.4. The minimum atomic E-state index is -0.896. The van der Waals surface area contributed by atoms with Crippen LogP contribution in [-0.2, 0) is 0 Å². The first-order valence-corrected chi connectivity index (χ1v) is 17.7. The third kappa shape index (κ3) is 6.82. The predicted octanol–water partition coefficient (Wildman–Crippen LogP) is 7.46. The number of hydrogen-bond donors (Lipinski definition) is 2. The molecule has 1 saturated heterocycles. The molecular formula is C38H36F2N8O3S. The number of halogens is 2. The van der Waals surface area contributed by atoms with Crippen molar-refractivity contribution in [3.8, 4) is 34.1 Å². The highest BCUT2D eigenvalue weighted by atomic mass is 32.2. The summed E-state index contributed by atoms with van der Waals surface area (Å²) in [5, 5.41) is 5.71. The minimum absolute atomic E-state index is 0.0627. The van der Waals surface area contributed by atoms with Crippen LogP contribution in [0.15, 0.2) is 85.2 Å². The fourth-order valence-electron chi connectivity index (χ4n) is 6.34. The van der Waals surface area contributed by atoms with E-state index in [1.54, 1.807) is 49.5 Å². The Kier molecular flexibility index (Phi) is 9.92. The van der Waals surface area contributed by atoms with E-state index in [0.29, 0.717) is 40.0 Å². The highest BCUT2D eigenvalue weighted by Gasteiger charge is 2.23. The van der Waals surface area contributed by atoms with Gasteiger partial charge in [0, 0.05) is 55.9 Å². The number of ether oxygens (including phenoxy) is 2. The average molecular weight is 723 g/mol. The fraction of sp³-hybridized carbons (Fsp3) is 0.211. The molecule has 0 unspecified atom stereocenters. The van der Waals surface area contributed by atoms with E-state index < -0.39 is 23.2 Å². The van der Waals surface area contributed by atoms with Crippen molar-refractivity contribution < 1.29 is 23.0 Å². The molecule has 6 aromatic rings. The minimum Gasteiger partial charge on any atom is -0.496 e. The second-order valence-corrected chi connectivity index (χ2v) is 12.9. The number of nitrogens with one attached hydrogen (secondary N) is 2. The van der Waals surface area contributed by atoms with Gasteiger partial charge in [-0.05, 0) is 73.3 Å². The van der Waals surface area contributed by atoms with E-state index in [2.05, 4.69) is 44.1 Å². The first kappa shape index (κ1) is 34.7. The predicted molar refractivity (Wildman–Crippen MR) is 201 cm³/mol. The molecule has 14 heteroatoms. The number of piperazine rings is 1. The lowest BCUT2D eigenvalue weighted by molar-refractivity contribution is 0.102. The first-order valence-electron chi connectivity index (χ1n) is 16.5. The average Bonchev–Trinajstić information content (AvgIpc) is 3.56. The van der Waals surface area contributed by atoms with Crippen LogP contribution in [0.1, 0.15) is 15.9 Å². The monoisotopic (exact) mass is 722 g/mol. The molecule has 4 heterocycles. The Balaban J connectivity index is 1.24. The van der Waals surface area contributed by atoms with E-state index in [-0.39, 0.29) is 11.3 Å². The van der Waals surface area contributed by atoms with Gasteiger partial charge in [0.05, 0.1) is 42.6 Å². The molecule has 7 rings (SSSR count). The van der Waals surface area contributed by atoms with E-state index in [1.807, 2.05) is 34.9 Å². The molecule has 0 atom stereocenters. The smallest absolute Gasteiger partial charge is 0.259 e. The Bertz CT molecular complexity index is 2260. The summed E-state index contributed by atoms with van der Waals surface area (Å²) >= 11 is 1.77. The number of rotatable bonds is 10. The van der Waals surface area contributed by atoms with Crippen molar-refractivity contribution in [2.75, 3.05) is 62.2 Å². The second kappa shape index (κ2) is 14.9. The fourth-order valence-corrected chi connectivity index (χ4v) is 6.87. The van der Waals surface area contributed by atoms with Gasteiger partial charge in [0.25, 0.3) is 5.91 Å². The van der Waals surface area contributed by atoms with Gasteiger partial charge in [-0.15, -0.1) is 0 Å². The quantitative estimate of drug-likeness (QED) is 0.138. The summed E-state index contributed by atoms with van der Waals surface area (Å²) in [7, 11) is 3.06. The number of fused-ring (bicyclic) bond motifs is 1. The van der Waals surface area contributed by atoms with Crippen molar-refractivity contribution in [3.05, 3.63) is 108 Å². The number of amides is 1. The van der Waals surface area contributed by atoms with Crippen LogP contribution in [0.25, 0.3) is 28.3 Å². The highest BCUT2D eigenvalue weighted by molar-refractivity contribution is 7.96. The van der Waals surface area contributed by atoms with Crippen LogP contribution in [0, 0.1) is 18.6 Å². The number of imidazole rings is 1. The Morgan fingerprint density at radius 2 is 1.65 bits per heavy atom. The van der Waals surface area contributed by atoms with Crippen LogP contribution >= 0.6 is 11.9 Å². The van der Waals surface area contributed by atoms with Gasteiger partial charge in [0.2, 0.25) is 5.95 Å². The molecule has 52 heavy (non-hydrogen) atoms. The lowest BCUT2D eigenvalue weighted by Gasteiger charge is -2.35. The van der Waals surface area contributed by atoms with E-state index in [9.17, 15) is 13.6 Å². The van der Waals surface area contributed by atoms with Crippen molar-refractivity contribution in [2.45, 2.75) is 6.92 Å². The van der Waals surface area contributed by atoms with Gasteiger partial charge in [0.1, 0.15) is 34.5 Å². The molecule has 3 aromatic carbocycles. The van der Waals surface area contributed by atoms with Crippen LogP contribution in [0.5, 0.6) is 11.5 Å². The normalized spacial score (nSPS) is 13.3. The van der Waals surface area contributed by atoms with Gasteiger partial charge in [-0.3, -0.25) is 9.20 Å². The van der Waals surface area contributed by atoms with Gasteiger partial charge >= 0.3 is 0 Å². The van der Waals surface area contributed by atoms with Crippen molar-refractivity contribution in [2.24, 2.45) is 0 Å². The molecule has 266 valence electrons. The molecule has 0 aliphatic carbocycles. The number of aryl methyl sites for hydroxylation is 1. The molecule has 1 amide bonds. The first-order chi connectivity index (χ1) is 25.3. The summed E-state index contributed by atoms with van der Waals surface area (Å²) in [4.78, 5) is 30.2. The van der Waals surface area contributed by atoms with Crippen LogP contribution in [0.3, 0.4) is 0 Å². The molecule has 1 aliphatic heterocycles. The number of nitrogens with zero attached hydrogens (tertiary/aromatic N) is 6. The van der Waals surface area contributed by atoms with Crippen molar-refractivity contribution in [3.63, 3.8) is 0 Å². The number of hydrogen-bond acceptors (Lipinski definition) is 10. The van der Waals surface area contributed by atoms with Crippen molar-refractivity contribution in [1.82, 2.24) is 23.7 Å². The van der Waals surface area contributed by atoms with Gasteiger partial charge in [-0.1, -0.05) is 24.1 Å². The Labute approximate surface area is 303 Å².